The van der Waals surface area contributed by atoms with Crippen molar-refractivity contribution in [2.45, 2.75) is 6.04 Å². The molecule has 2 aromatic rings. The highest BCUT2D eigenvalue weighted by Gasteiger charge is 2.32. The molecule has 1 heterocycles. The van der Waals surface area contributed by atoms with Gasteiger partial charge < -0.3 is 9.64 Å². The molecular weight excluding hydrogens is 432 g/mol. The molecule has 0 aromatic heterocycles. The van der Waals surface area contributed by atoms with E-state index in [1.807, 2.05) is 46.2 Å². The molecule has 0 aliphatic carbocycles. The van der Waals surface area contributed by atoms with Gasteiger partial charge in [-0.15, -0.1) is 0 Å². The molecule has 1 aliphatic heterocycles. The van der Waals surface area contributed by atoms with Crippen LogP contribution in [-0.4, -0.2) is 55.0 Å². The van der Waals surface area contributed by atoms with Crippen LogP contribution in [0.15, 0.2) is 53.0 Å². The van der Waals surface area contributed by atoms with Crippen molar-refractivity contribution >= 4 is 39.4 Å². The third-order valence-electron chi connectivity index (χ3n) is 4.67. The van der Waals surface area contributed by atoms with Crippen molar-refractivity contribution in [1.82, 2.24) is 9.80 Å². The summed E-state index contributed by atoms with van der Waals surface area (Å²) in [6, 6.07) is 14.0. The van der Waals surface area contributed by atoms with E-state index in [0.717, 1.165) is 10.0 Å². The van der Waals surface area contributed by atoms with Crippen molar-refractivity contribution in [3.8, 4) is 0 Å². The Bertz CT molecular complexity index is 803. The highest BCUT2D eigenvalue weighted by molar-refractivity contribution is 9.10. The topological polar surface area (TPSA) is 49.9 Å². The Labute approximate surface area is 172 Å². The summed E-state index contributed by atoms with van der Waals surface area (Å²) in [5.74, 6) is -0.312. The first-order chi connectivity index (χ1) is 13.0. The van der Waals surface area contributed by atoms with Crippen LogP contribution < -0.4 is 0 Å². The van der Waals surface area contributed by atoms with Crippen LogP contribution in [0.4, 0.5) is 0 Å². The fraction of sp³-hybridized carbons (Fsp3) is 0.300. The van der Waals surface area contributed by atoms with Gasteiger partial charge in [-0.2, -0.15) is 0 Å². The minimum Gasteiger partial charge on any atom is -0.468 e. The summed E-state index contributed by atoms with van der Waals surface area (Å²) in [7, 11) is 1.39. The zero-order valence-electron chi connectivity index (χ0n) is 14.9. The number of rotatable bonds is 4. The first-order valence-corrected chi connectivity index (χ1v) is 9.79. The number of amides is 1. The van der Waals surface area contributed by atoms with E-state index >= 15 is 0 Å². The van der Waals surface area contributed by atoms with E-state index in [9.17, 15) is 9.59 Å². The number of nitrogens with zero attached hydrogens (tertiary/aromatic N) is 2. The standard InChI is InChI=1S/C20H20BrClN2O3/c1-27-20(26)18(14-4-8-17(22)9-5-14)23-10-12-24(13-11-23)19(25)15-2-6-16(21)7-3-15/h2-9,18H,10-13H2,1H3. The molecule has 0 radical (unpaired) electrons. The van der Waals surface area contributed by atoms with Gasteiger partial charge in [0.15, 0.2) is 0 Å². The highest BCUT2D eigenvalue weighted by Crippen LogP contribution is 2.25. The van der Waals surface area contributed by atoms with Gasteiger partial charge in [-0.3, -0.25) is 9.69 Å². The Balaban J connectivity index is 1.70. The molecule has 1 atom stereocenters. The Morgan fingerprint density at radius 3 is 2.15 bits per heavy atom. The van der Waals surface area contributed by atoms with Gasteiger partial charge in [0, 0.05) is 41.2 Å². The summed E-state index contributed by atoms with van der Waals surface area (Å²) >= 11 is 9.34. The molecule has 0 N–H and O–H groups in total. The second-order valence-electron chi connectivity index (χ2n) is 6.31. The van der Waals surface area contributed by atoms with Gasteiger partial charge >= 0.3 is 5.97 Å². The Morgan fingerprint density at radius 2 is 1.59 bits per heavy atom. The minimum absolute atomic E-state index is 0.00302. The number of piperazine rings is 1. The molecule has 1 amide bonds. The van der Waals surface area contributed by atoms with E-state index in [1.54, 1.807) is 12.1 Å². The van der Waals surface area contributed by atoms with Crippen LogP contribution in [0, 0.1) is 0 Å². The summed E-state index contributed by atoms with van der Waals surface area (Å²) in [6.45, 7) is 2.28. The fourth-order valence-corrected chi connectivity index (χ4v) is 3.60. The van der Waals surface area contributed by atoms with Crippen molar-refractivity contribution in [3.63, 3.8) is 0 Å². The largest absolute Gasteiger partial charge is 0.468 e. The van der Waals surface area contributed by atoms with Crippen molar-refractivity contribution in [1.29, 1.82) is 0 Å². The Morgan fingerprint density at radius 1 is 1.00 bits per heavy atom. The van der Waals surface area contributed by atoms with Gasteiger partial charge in [0.1, 0.15) is 6.04 Å². The molecule has 142 valence electrons. The predicted molar refractivity (Wildman–Crippen MR) is 108 cm³/mol. The van der Waals surface area contributed by atoms with Crippen molar-refractivity contribution in [3.05, 3.63) is 69.2 Å². The van der Waals surface area contributed by atoms with Crippen LogP contribution in [0.3, 0.4) is 0 Å². The van der Waals surface area contributed by atoms with Gasteiger partial charge in [0.05, 0.1) is 7.11 Å². The Hall–Kier alpha value is -1.89. The molecule has 0 spiro atoms. The lowest BCUT2D eigenvalue weighted by Gasteiger charge is -2.38. The molecular formula is C20H20BrClN2O3. The summed E-state index contributed by atoms with van der Waals surface area (Å²) < 4.78 is 5.94. The second kappa shape index (κ2) is 8.87. The highest BCUT2D eigenvalue weighted by atomic mass is 79.9. The lowest BCUT2D eigenvalue weighted by Crippen LogP contribution is -2.51. The summed E-state index contributed by atoms with van der Waals surface area (Å²) in [6.07, 6.45) is 0. The number of carbonyl (C=O) groups excluding carboxylic acids is 2. The van der Waals surface area contributed by atoms with E-state index in [4.69, 9.17) is 16.3 Å². The van der Waals surface area contributed by atoms with E-state index in [-0.39, 0.29) is 11.9 Å². The molecule has 2 aromatic carbocycles. The molecule has 0 saturated carbocycles. The average Bonchev–Trinajstić information content (AvgIpc) is 2.70. The van der Waals surface area contributed by atoms with Crippen LogP contribution in [0.1, 0.15) is 22.0 Å². The summed E-state index contributed by atoms with van der Waals surface area (Å²) in [5, 5.41) is 0.618. The predicted octanol–water partition coefficient (Wildman–Crippen LogP) is 3.77. The van der Waals surface area contributed by atoms with Crippen LogP contribution in [-0.2, 0) is 9.53 Å². The van der Waals surface area contributed by atoms with Crippen LogP contribution in [0.25, 0.3) is 0 Å². The van der Waals surface area contributed by atoms with Crippen molar-refractivity contribution in [2.75, 3.05) is 33.3 Å². The smallest absolute Gasteiger partial charge is 0.327 e. The van der Waals surface area contributed by atoms with Gasteiger partial charge in [-0.05, 0) is 42.0 Å². The lowest BCUT2D eigenvalue weighted by atomic mass is 10.0. The average molecular weight is 452 g/mol. The zero-order chi connectivity index (χ0) is 19.4. The first kappa shape index (κ1) is 19.9. The van der Waals surface area contributed by atoms with E-state index in [2.05, 4.69) is 15.9 Å². The summed E-state index contributed by atoms with van der Waals surface area (Å²) in [4.78, 5) is 28.9. The normalized spacial score (nSPS) is 16.0. The molecule has 5 nitrogen and oxygen atoms in total. The second-order valence-corrected chi connectivity index (χ2v) is 7.66. The van der Waals surface area contributed by atoms with Crippen molar-refractivity contribution < 1.29 is 14.3 Å². The third kappa shape index (κ3) is 4.69. The maximum atomic E-state index is 12.7. The van der Waals surface area contributed by atoms with Gasteiger partial charge in [-0.25, -0.2) is 4.79 Å². The molecule has 1 saturated heterocycles. The molecule has 1 unspecified atom stereocenters. The first-order valence-electron chi connectivity index (χ1n) is 8.62. The number of carbonyl (C=O) groups is 2. The molecule has 1 aliphatic rings. The third-order valence-corrected chi connectivity index (χ3v) is 5.45. The van der Waals surface area contributed by atoms with Crippen LogP contribution >= 0.6 is 27.5 Å². The van der Waals surface area contributed by atoms with E-state index in [1.165, 1.54) is 7.11 Å². The Kier molecular flexibility index (Phi) is 6.52. The number of methoxy groups -OCH3 is 1. The number of hydrogen-bond acceptors (Lipinski definition) is 4. The number of halogens is 2. The van der Waals surface area contributed by atoms with Crippen LogP contribution in [0.2, 0.25) is 5.02 Å². The number of ether oxygens (including phenoxy) is 1. The van der Waals surface area contributed by atoms with Gasteiger partial charge in [0.2, 0.25) is 0 Å². The van der Waals surface area contributed by atoms with Gasteiger partial charge in [-0.1, -0.05) is 39.7 Å². The SMILES string of the molecule is COC(=O)C(c1ccc(Cl)cc1)N1CCN(C(=O)c2ccc(Br)cc2)CC1. The molecule has 3 rings (SSSR count). The van der Waals surface area contributed by atoms with E-state index < -0.39 is 6.04 Å². The van der Waals surface area contributed by atoms with Crippen LogP contribution in [0.5, 0.6) is 0 Å². The minimum atomic E-state index is -0.503. The maximum absolute atomic E-state index is 12.7. The quantitative estimate of drug-likeness (QED) is 0.664. The maximum Gasteiger partial charge on any atom is 0.327 e. The molecule has 0 bridgehead atoms. The monoisotopic (exact) mass is 450 g/mol. The number of hydrogen-bond donors (Lipinski definition) is 0. The molecule has 1 fully saturated rings. The lowest BCUT2D eigenvalue weighted by molar-refractivity contribution is -0.148. The summed E-state index contributed by atoms with van der Waals surface area (Å²) in [5.41, 5.74) is 1.49. The number of esters is 1. The molecule has 7 heteroatoms. The van der Waals surface area contributed by atoms with Gasteiger partial charge in [0.25, 0.3) is 5.91 Å². The van der Waals surface area contributed by atoms with Crippen molar-refractivity contribution in [2.24, 2.45) is 0 Å². The zero-order valence-corrected chi connectivity index (χ0v) is 17.2. The fourth-order valence-electron chi connectivity index (χ4n) is 3.21. The number of benzene rings is 2. The van der Waals surface area contributed by atoms with E-state index in [0.29, 0.717) is 36.8 Å². The molecule has 27 heavy (non-hydrogen) atoms.